The molecular formula is C20H21NO5. The molecule has 2 aromatic carbocycles. The van der Waals surface area contributed by atoms with Crippen molar-refractivity contribution >= 4 is 11.9 Å². The summed E-state index contributed by atoms with van der Waals surface area (Å²) in [5, 5.41) is 9.12. The summed E-state index contributed by atoms with van der Waals surface area (Å²) in [5.41, 5.74) is 3.14. The smallest absolute Gasteiger partial charge is 0.335 e. The Morgan fingerprint density at radius 1 is 1.15 bits per heavy atom. The number of carbonyl (C=O) groups is 2. The van der Waals surface area contributed by atoms with E-state index >= 15 is 0 Å². The number of aryl methyl sites for hydroxylation is 1. The molecule has 1 amide bonds. The van der Waals surface area contributed by atoms with E-state index in [-0.39, 0.29) is 18.1 Å². The van der Waals surface area contributed by atoms with Crippen molar-refractivity contribution in [1.82, 2.24) is 4.90 Å². The number of carboxylic acid groups (broad SMARTS) is 1. The van der Waals surface area contributed by atoms with E-state index in [1.165, 1.54) is 0 Å². The number of fused-ring (bicyclic) bond motifs is 1. The number of hydrogen-bond donors (Lipinski definition) is 1. The fourth-order valence-corrected chi connectivity index (χ4v) is 3.08. The average Bonchev–Trinajstić information content (AvgIpc) is 2.65. The molecule has 1 aliphatic rings. The van der Waals surface area contributed by atoms with Gasteiger partial charge in [-0.05, 0) is 60.4 Å². The van der Waals surface area contributed by atoms with Gasteiger partial charge in [0.05, 0.1) is 12.7 Å². The molecule has 6 heteroatoms. The van der Waals surface area contributed by atoms with Gasteiger partial charge in [-0.1, -0.05) is 6.07 Å². The van der Waals surface area contributed by atoms with Crippen LogP contribution in [-0.4, -0.2) is 42.1 Å². The normalized spacial score (nSPS) is 13.1. The second-order valence-electron chi connectivity index (χ2n) is 6.27. The number of benzene rings is 2. The third-order valence-corrected chi connectivity index (χ3v) is 4.55. The van der Waals surface area contributed by atoms with Gasteiger partial charge in [-0.3, -0.25) is 4.79 Å². The van der Waals surface area contributed by atoms with Crippen LogP contribution in [0.3, 0.4) is 0 Å². The molecule has 26 heavy (non-hydrogen) atoms. The molecule has 0 fully saturated rings. The highest BCUT2D eigenvalue weighted by Gasteiger charge is 2.22. The van der Waals surface area contributed by atoms with Gasteiger partial charge in [-0.2, -0.15) is 0 Å². The van der Waals surface area contributed by atoms with Gasteiger partial charge >= 0.3 is 5.97 Å². The van der Waals surface area contributed by atoms with Gasteiger partial charge in [-0.25, -0.2) is 4.79 Å². The SMILES string of the molecule is COc1ccc(OCC(=O)N2CCc3ccc(C(=O)O)cc3C2)cc1C. The number of rotatable bonds is 5. The van der Waals surface area contributed by atoms with Crippen molar-refractivity contribution in [3.05, 3.63) is 58.7 Å². The first kappa shape index (κ1) is 17.8. The largest absolute Gasteiger partial charge is 0.496 e. The van der Waals surface area contributed by atoms with Crippen LogP contribution in [0, 0.1) is 6.92 Å². The summed E-state index contributed by atoms with van der Waals surface area (Å²) in [6.45, 7) is 2.86. The van der Waals surface area contributed by atoms with Crippen LogP contribution in [0.4, 0.5) is 0 Å². The maximum absolute atomic E-state index is 12.5. The van der Waals surface area contributed by atoms with Crippen molar-refractivity contribution in [3.63, 3.8) is 0 Å². The van der Waals surface area contributed by atoms with Crippen LogP contribution < -0.4 is 9.47 Å². The monoisotopic (exact) mass is 355 g/mol. The Morgan fingerprint density at radius 2 is 1.96 bits per heavy atom. The number of aromatic carboxylic acids is 1. The molecule has 136 valence electrons. The van der Waals surface area contributed by atoms with Crippen molar-refractivity contribution in [2.45, 2.75) is 19.9 Å². The lowest BCUT2D eigenvalue weighted by Gasteiger charge is -2.29. The standard InChI is InChI=1S/C20H21NO5/c1-13-9-17(5-6-18(13)25-2)26-12-19(22)21-8-7-14-3-4-15(20(23)24)10-16(14)11-21/h3-6,9-10H,7-8,11-12H2,1-2H3,(H,23,24). The van der Waals surface area contributed by atoms with Gasteiger partial charge in [0.1, 0.15) is 11.5 Å². The molecule has 0 unspecified atom stereocenters. The van der Waals surface area contributed by atoms with Crippen LogP contribution in [-0.2, 0) is 17.8 Å². The van der Waals surface area contributed by atoms with E-state index in [1.54, 1.807) is 36.3 Å². The summed E-state index contributed by atoms with van der Waals surface area (Å²) >= 11 is 0. The molecule has 1 aliphatic heterocycles. The van der Waals surface area contributed by atoms with Gasteiger partial charge in [-0.15, -0.1) is 0 Å². The lowest BCUT2D eigenvalue weighted by Crippen LogP contribution is -2.38. The molecule has 6 nitrogen and oxygen atoms in total. The predicted octanol–water partition coefficient (Wildman–Crippen LogP) is 2.67. The van der Waals surface area contributed by atoms with Crippen LogP contribution in [0.5, 0.6) is 11.5 Å². The minimum Gasteiger partial charge on any atom is -0.496 e. The van der Waals surface area contributed by atoms with E-state index < -0.39 is 5.97 Å². The zero-order chi connectivity index (χ0) is 18.7. The van der Waals surface area contributed by atoms with Gasteiger partial charge in [0.2, 0.25) is 0 Å². The maximum atomic E-state index is 12.5. The number of ether oxygens (including phenoxy) is 2. The van der Waals surface area contributed by atoms with E-state index in [9.17, 15) is 9.59 Å². The van der Waals surface area contributed by atoms with Crippen LogP contribution in [0.1, 0.15) is 27.0 Å². The molecule has 0 spiro atoms. The van der Waals surface area contributed by atoms with Crippen LogP contribution in [0.15, 0.2) is 36.4 Å². The summed E-state index contributed by atoms with van der Waals surface area (Å²) < 4.78 is 10.8. The zero-order valence-electron chi connectivity index (χ0n) is 14.8. The Labute approximate surface area is 152 Å². The minimum atomic E-state index is -0.963. The third-order valence-electron chi connectivity index (χ3n) is 4.55. The number of amides is 1. The van der Waals surface area contributed by atoms with Crippen molar-refractivity contribution < 1.29 is 24.2 Å². The first-order valence-electron chi connectivity index (χ1n) is 8.38. The second kappa shape index (κ2) is 7.47. The van der Waals surface area contributed by atoms with Crippen LogP contribution in [0.2, 0.25) is 0 Å². The Balaban J connectivity index is 1.63. The van der Waals surface area contributed by atoms with Gasteiger partial charge in [0.15, 0.2) is 6.61 Å². The Kier molecular flexibility index (Phi) is 5.11. The first-order valence-corrected chi connectivity index (χ1v) is 8.38. The van der Waals surface area contributed by atoms with Crippen molar-refractivity contribution in [2.75, 3.05) is 20.3 Å². The number of carbonyl (C=O) groups excluding carboxylic acids is 1. The number of nitrogens with zero attached hydrogens (tertiary/aromatic N) is 1. The molecule has 3 rings (SSSR count). The number of carboxylic acids is 1. The lowest BCUT2D eigenvalue weighted by atomic mass is 9.97. The Hall–Kier alpha value is -3.02. The van der Waals surface area contributed by atoms with Crippen LogP contribution >= 0.6 is 0 Å². The summed E-state index contributed by atoms with van der Waals surface area (Å²) in [7, 11) is 1.61. The van der Waals surface area contributed by atoms with E-state index in [1.807, 2.05) is 19.1 Å². The second-order valence-corrected chi connectivity index (χ2v) is 6.27. The molecule has 2 aromatic rings. The fraction of sp³-hybridized carbons (Fsp3) is 0.300. The molecule has 0 atom stereocenters. The average molecular weight is 355 g/mol. The predicted molar refractivity (Wildman–Crippen MR) is 95.7 cm³/mol. The molecule has 0 aromatic heterocycles. The van der Waals surface area contributed by atoms with Crippen LogP contribution in [0.25, 0.3) is 0 Å². The summed E-state index contributed by atoms with van der Waals surface area (Å²) in [5.74, 6) is 0.298. The number of methoxy groups -OCH3 is 1. The highest BCUT2D eigenvalue weighted by Crippen LogP contribution is 2.24. The molecule has 1 heterocycles. The first-order chi connectivity index (χ1) is 12.5. The van der Waals surface area contributed by atoms with Gasteiger partial charge in [0.25, 0.3) is 5.91 Å². The molecule has 0 saturated carbocycles. The summed E-state index contributed by atoms with van der Waals surface area (Å²) in [6, 6.07) is 10.5. The van der Waals surface area contributed by atoms with E-state index in [4.69, 9.17) is 14.6 Å². The van der Waals surface area contributed by atoms with Gasteiger partial charge < -0.3 is 19.5 Å². The molecule has 0 radical (unpaired) electrons. The minimum absolute atomic E-state index is 0.0558. The summed E-state index contributed by atoms with van der Waals surface area (Å²) in [4.78, 5) is 25.3. The molecular weight excluding hydrogens is 334 g/mol. The Bertz CT molecular complexity index is 846. The van der Waals surface area contributed by atoms with Gasteiger partial charge in [0, 0.05) is 13.1 Å². The molecule has 0 bridgehead atoms. The zero-order valence-corrected chi connectivity index (χ0v) is 14.8. The highest BCUT2D eigenvalue weighted by atomic mass is 16.5. The lowest BCUT2D eigenvalue weighted by molar-refractivity contribution is -0.134. The van der Waals surface area contributed by atoms with E-state index in [0.29, 0.717) is 25.3 Å². The van der Waals surface area contributed by atoms with Crippen molar-refractivity contribution in [2.24, 2.45) is 0 Å². The molecule has 0 aliphatic carbocycles. The Morgan fingerprint density at radius 3 is 2.65 bits per heavy atom. The maximum Gasteiger partial charge on any atom is 0.335 e. The third kappa shape index (κ3) is 3.79. The quantitative estimate of drug-likeness (QED) is 0.892. The van der Waals surface area contributed by atoms with E-state index in [0.717, 1.165) is 22.4 Å². The highest BCUT2D eigenvalue weighted by molar-refractivity contribution is 5.88. The van der Waals surface area contributed by atoms with Crippen molar-refractivity contribution in [1.29, 1.82) is 0 Å². The number of hydrogen-bond acceptors (Lipinski definition) is 4. The summed E-state index contributed by atoms with van der Waals surface area (Å²) in [6.07, 6.45) is 0.711. The molecule has 1 N–H and O–H groups in total. The van der Waals surface area contributed by atoms with E-state index in [2.05, 4.69) is 0 Å². The topological polar surface area (TPSA) is 76.1 Å². The van der Waals surface area contributed by atoms with Crippen molar-refractivity contribution in [3.8, 4) is 11.5 Å². The molecule has 0 saturated heterocycles. The fourth-order valence-electron chi connectivity index (χ4n) is 3.08.